The summed E-state index contributed by atoms with van der Waals surface area (Å²) >= 11 is 0. The lowest BCUT2D eigenvalue weighted by Gasteiger charge is -2.10. The molecule has 0 saturated heterocycles. The molecule has 0 saturated carbocycles. The Morgan fingerprint density at radius 2 is 1.78 bits per heavy atom. The highest BCUT2D eigenvalue weighted by atomic mass is 16.5. The van der Waals surface area contributed by atoms with Crippen molar-refractivity contribution in [2.24, 2.45) is 0 Å². The van der Waals surface area contributed by atoms with Gasteiger partial charge in [-0.2, -0.15) is 0 Å². The van der Waals surface area contributed by atoms with Crippen LogP contribution in [-0.2, 0) is 0 Å². The van der Waals surface area contributed by atoms with Gasteiger partial charge in [-0.25, -0.2) is 0 Å². The molecule has 0 bridgehead atoms. The highest BCUT2D eigenvalue weighted by molar-refractivity contribution is 5.68. The standard InChI is InChI=1S/C14H16N2O2/c1-9-6-11(15)8-16-14(9)10-4-5-12(17-2)13(7-10)18-3/h4-8H,15H2,1-3H3. The molecule has 0 amide bonds. The molecule has 2 rings (SSSR count). The third kappa shape index (κ3) is 2.22. The first kappa shape index (κ1) is 12.2. The molecule has 2 N–H and O–H groups in total. The molecule has 0 aliphatic carbocycles. The lowest BCUT2D eigenvalue weighted by Crippen LogP contribution is -1.94. The Balaban J connectivity index is 2.51. The van der Waals surface area contributed by atoms with E-state index in [2.05, 4.69) is 4.98 Å². The number of aryl methyl sites for hydroxylation is 1. The third-order valence-corrected chi connectivity index (χ3v) is 2.76. The van der Waals surface area contributed by atoms with Crippen molar-refractivity contribution in [1.82, 2.24) is 4.98 Å². The van der Waals surface area contributed by atoms with E-state index in [1.165, 1.54) is 0 Å². The van der Waals surface area contributed by atoms with Gasteiger partial charge in [-0.3, -0.25) is 4.98 Å². The summed E-state index contributed by atoms with van der Waals surface area (Å²) in [6.07, 6.45) is 1.65. The van der Waals surface area contributed by atoms with Crippen LogP contribution >= 0.6 is 0 Å². The molecule has 94 valence electrons. The van der Waals surface area contributed by atoms with E-state index in [1.807, 2.05) is 31.2 Å². The smallest absolute Gasteiger partial charge is 0.161 e. The van der Waals surface area contributed by atoms with Crippen molar-refractivity contribution in [3.8, 4) is 22.8 Å². The lowest BCUT2D eigenvalue weighted by molar-refractivity contribution is 0.355. The fourth-order valence-corrected chi connectivity index (χ4v) is 1.88. The third-order valence-electron chi connectivity index (χ3n) is 2.76. The van der Waals surface area contributed by atoms with Crippen molar-refractivity contribution in [1.29, 1.82) is 0 Å². The van der Waals surface area contributed by atoms with E-state index < -0.39 is 0 Å². The number of methoxy groups -OCH3 is 2. The second-order valence-corrected chi connectivity index (χ2v) is 4.00. The maximum Gasteiger partial charge on any atom is 0.161 e. The predicted octanol–water partition coefficient (Wildman–Crippen LogP) is 2.66. The van der Waals surface area contributed by atoms with E-state index in [1.54, 1.807) is 20.4 Å². The molecule has 0 unspecified atom stereocenters. The molecule has 4 nitrogen and oxygen atoms in total. The van der Waals surface area contributed by atoms with E-state index in [0.717, 1.165) is 16.8 Å². The summed E-state index contributed by atoms with van der Waals surface area (Å²) in [5.41, 5.74) is 9.26. The Hall–Kier alpha value is -2.23. The minimum Gasteiger partial charge on any atom is -0.493 e. The SMILES string of the molecule is COc1ccc(-c2ncc(N)cc2C)cc1OC. The Labute approximate surface area is 106 Å². The first-order valence-electron chi connectivity index (χ1n) is 5.60. The molecule has 0 radical (unpaired) electrons. The summed E-state index contributed by atoms with van der Waals surface area (Å²) in [6.45, 7) is 1.98. The number of pyridine rings is 1. The summed E-state index contributed by atoms with van der Waals surface area (Å²) in [5, 5.41) is 0. The molecule has 0 aliphatic rings. The van der Waals surface area contributed by atoms with Gasteiger partial charge in [0.2, 0.25) is 0 Å². The normalized spacial score (nSPS) is 10.2. The average molecular weight is 244 g/mol. The van der Waals surface area contributed by atoms with Gasteiger partial charge in [-0.05, 0) is 36.8 Å². The topological polar surface area (TPSA) is 57.4 Å². The summed E-state index contributed by atoms with van der Waals surface area (Å²) < 4.78 is 10.5. The number of aromatic nitrogens is 1. The molecule has 18 heavy (non-hydrogen) atoms. The van der Waals surface area contributed by atoms with Gasteiger partial charge in [0.15, 0.2) is 11.5 Å². The Bertz CT molecular complexity index is 568. The number of rotatable bonds is 3. The van der Waals surface area contributed by atoms with E-state index in [-0.39, 0.29) is 0 Å². The van der Waals surface area contributed by atoms with Crippen molar-refractivity contribution in [3.63, 3.8) is 0 Å². The average Bonchev–Trinajstić information content (AvgIpc) is 2.38. The largest absolute Gasteiger partial charge is 0.493 e. The number of anilines is 1. The Morgan fingerprint density at radius 3 is 2.39 bits per heavy atom. The molecule has 2 aromatic rings. The summed E-state index contributed by atoms with van der Waals surface area (Å²) in [7, 11) is 3.23. The van der Waals surface area contributed by atoms with Crippen LogP contribution in [0.4, 0.5) is 5.69 Å². The molecular weight excluding hydrogens is 228 g/mol. The molecule has 1 aromatic heterocycles. The Kier molecular flexibility index (Phi) is 3.37. The maximum absolute atomic E-state index is 5.70. The van der Waals surface area contributed by atoms with Gasteiger partial charge in [-0.1, -0.05) is 0 Å². The highest BCUT2D eigenvalue weighted by Gasteiger charge is 2.09. The summed E-state index contributed by atoms with van der Waals surface area (Å²) in [4.78, 5) is 4.36. The molecule has 1 heterocycles. The number of nitrogen functional groups attached to an aromatic ring is 1. The zero-order chi connectivity index (χ0) is 13.1. The molecule has 0 spiro atoms. The zero-order valence-corrected chi connectivity index (χ0v) is 10.7. The van der Waals surface area contributed by atoms with Crippen LogP contribution in [0.5, 0.6) is 11.5 Å². The van der Waals surface area contributed by atoms with Gasteiger partial charge < -0.3 is 15.2 Å². The van der Waals surface area contributed by atoms with Crippen LogP contribution in [-0.4, -0.2) is 19.2 Å². The molecule has 1 aromatic carbocycles. The summed E-state index contributed by atoms with van der Waals surface area (Å²) in [6, 6.07) is 7.63. The van der Waals surface area contributed by atoms with Gasteiger partial charge in [0.05, 0.1) is 31.8 Å². The molecule has 0 atom stereocenters. The van der Waals surface area contributed by atoms with Crippen molar-refractivity contribution in [2.45, 2.75) is 6.92 Å². The van der Waals surface area contributed by atoms with Crippen LogP contribution in [0.25, 0.3) is 11.3 Å². The van der Waals surface area contributed by atoms with Crippen LogP contribution in [0, 0.1) is 6.92 Å². The predicted molar refractivity (Wildman–Crippen MR) is 71.9 cm³/mol. The number of ether oxygens (including phenoxy) is 2. The van der Waals surface area contributed by atoms with Crippen LogP contribution in [0.15, 0.2) is 30.5 Å². The number of nitrogens with two attached hydrogens (primary N) is 1. The van der Waals surface area contributed by atoms with E-state index in [9.17, 15) is 0 Å². The number of hydrogen-bond acceptors (Lipinski definition) is 4. The molecule has 4 heteroatoms. The van der Waals surface area contributed by atoms with E-state index in [0.29, 0.717) is 17.2 Å². The minimum atomic E-state index is 0.664. The maximum atomic E-state index is 5.70. The number of hydrogen-bond donors (Lipinski definition) is 1. The van der Waals surface area contributed by atoms with Gasteiger partial charge in [0.1, 0.15) is 0 Å². The minimum absolute atomic E-state index is 0.664. The van der Waals surface area contributed by atoms with Crippen molar-refractivity contribution >= 4 is 5.69 Å². The van der Waals surface area contributed by atoms with Crippen LogP contribution in [0.2, 0.25) is 0 Å². The van der Waals surface area contributed by atoms with Gasteiger partial charge in [0, 0.05) is 5.56 Å². The second-order valence-electron chi connectivity index (χ2n) is 4.00. The quantitative estimate of drug-likeness (QED) is 0.901. The van der Waals surface area contributed by atoms with Gasteiger partial charge in [0.25, 0.3) is 0 Å². The monoisotopic (exact) mass is 244 g/mol. The van der Waals surface area contributed by atoms with Gasteiger partial charge in [-0.15, -0.1) is 0 Å². The molecule has 0 aliphatic heterocycles. The second kappa shape index (κ2) is 4.96. The summed E-state index contributed by atoms with van der Waals surface area (Å²) in [5.74, 6) is 1.39. The van der Waals surface area contributed by atoms with Crippen molar-refractivity contribution in [2.75, 3.05) is 20.0 Å². The lowest BCUT2D eigenvalue weighted by atomic mass is 10.1. The number of benzene rings is 1. The first-order chi connectivity index (χ1) is 8.65. The van der Waals surface area contributed by atoms with E-state index >= 15 is 0 Å². The number of nitrogens with zero attached hydrogens (tertiary/aromatic N) is 1. The van der Waals surface area contributed by atoms with Crippen LogP contribution in [0.1, 0.15) is 5.56 Å². The highest BCUT2D eigenvalue weighted by Crippen LogP contribution is 2.32. The first-order valence-corrected chi connectivity index (χ1v) is 5.60. The van der Waals surface area contributed by atoms with Gasteiger partial charge >= 0.3 is 0 Å². The zero-order valence-electron chi connectivity index (χ0n) is 10.7. The van der Waals surface area contributed by atoms with Crippen LogP contribution < -0.4 is 15.2 Å². The van der Waals surface area contributed by atoms with Crippen molar-refractivity contribution < 1.29 is 9.47 Å². The fraction of sp³-hybridized carbons (Fsp3) is 0.214. The van der Waals surface area contributed by atoms with Crippen molar-refractivity contribution in [3.05, 3.63) is 36.0 Å². The van der Waals surface area contributed by atoms with Crippen LogP contribution in [0.3, 0.4) is 0 Å². The molecular formula is C14H16N2O2. The molecule has 0 fully saturated rings. The Morgan fingerprint density at radius 1 is 1.06 bits per heavy atom. The fourth-order valence-electron chi connectivity index (χ4n) is 1.88. The van der Waals surface area contributed by atoms with E-state index in [4.69, 9.17) is 15.2 Å².